The van der Waals surface area contributed by atoms with Crippen molar-refractivity contribution < 1.29 is 19.1 Å². The van der Waals surface area contributed by atoms with Gasteiger partial charge in [0.05, 0.1) is 21.7 Å². The van der Waals surface area contributed by atoms with Crippen LogP contribution in [-0.4, -0.2) is 65.5 Å². The number of aromatic nitrogens is 1. The molecule has 1 saturated heterocycles. The van der Waals surface area contributed by atoms with Gasteiger partial charge in [-0.15, -0.1) is 11.3 Å². The molecule has 0 spiro atoms. The van der Waals surface area contributed by atoms with Crippen LogP contribution < -0.4 is 9.47 Å². The van der Waals surface area contributed by atoms with E-state index in [9.17, 15) is 9.59 Å². The van der Waals surface area contributed by atoms with Crippen molar-refractivity contribution in [3.05, 3.63) is 77.7 Å². The predicted octanol–water partition coefficient (Wildman–Crippen LogP) is 4.09. The van der Waals surface area contributed by atoms with Gasteiger partial charge in [-0.1, -0.05) is 36.4 Å². The number of pyridine rings is 1. The Labute approximate surface area is 206 Å². The van der Waals surface area contributed by atoms with Crippen molar-refractivity contribution in [1.82, 2.24) is 14.8 Å². The molecule has 1 unspecified atom stereocenters. The molecule has 0 radical (unpaired) electrons. The third kappa shape index (κ3) is 4.10. The molecule has 2 aliphatic heterocycles. The maximum Gasteiger partial charge on any atom is 0.267 e. The van der Waals surface area contributed by atoms with Crippen molar-refractivity contribution in [2.75, 3.05) is 32.8 Å². The molecule has 0 bridgehead atoms. The number of benzene rings is 2. The van der Waals surface area contributed by atoms with Crippen molar-refractivity contribution in [3.63, 3.8) is 0 Å². The van der Waals surface area contributed by atoms with E-state index in [1.54, 1.807) is 22.3 Å². The van der Waals surface area contributed by atoms with E-state index in [1.807, 2.05) is 70.9 Å². The topological polar surface area (TPSA) is 72.0 Å². The minimum absolute atomic E-state index is 0.0420. The second-order valence-electron chi connectivity index (χ2n) is 8.53. The first kappa shape index (κ1) is 21.6. The number of ether oxygens (including phenoxy) is 2. The molecule has 2 aromatic carbocycles. The van der Waals surface area contributed by atoms with Crippen LogP contribution >= 0.6 is 11.3 Å². The number of piperazine rings is 1. The van der Waals surface area contributed by atoms with E-state index >= 15 is 0 Å². The highest BCUT2D eigenvalue weighted by Crippen LogP contribution is 2.32. The fourth-order valence-corrected chi connectivity index (χ4v) is 5.23. The van der Waals surface area contributed by atoms with E-state index in [4.69, 9.17) is 14.5 Å². The monoisotopic (exact) mass is 485 g/mol. The zero-order valence-electron chi connectivity index (χ0n) is 18.9. The van der Waals surface area contributed by atoms with Crippen LogP contribution in [0.15, 0.2) is 72.1 Å². The minimum Gasteiger partial charge on any atom is -0.485 e. The Bertz CT molecular complexity index is 1400. The fraction of sp³-hybridized carbons (Fsp3) is 0.222. The van der Waals surface area contributed by atoms with Gasteiger partial charge >= 0.3 is 0 Å². The molecule has 8 heteroatoms. The molecule has 0 saturated carbocycles. The number of carbonyl (C=O) groups is 2. The first-order valence-electron chi connectivity index (χ1n) is 11.6. The summed E-state index contributed by atoms with van der Waals surface area (Å²) in [6.45, 7) is 2.00. The zero-order chi connectivity index (χ0) is 23.8. The standard InChI is InChI=1S/C27H23N3O4S/c31-26(19-16-21(25-10-5-15-35-25)28-20-7-2-1-6-18(19)20)29-11-13-30(14-12-29)27(32)24-17-33-22-8-3-4-9-23(22)34-24/h1-10,15-16,24H,11-14,17H2. The number of hydrogen-bond donors (Lipinski definition) is 0. The second-order valence-corrected chi connectivity index (χ2v) is 9.48. The van der Waals surface area contributed by atoms with Crippen molar-refractivity contribution >= 4 is 34.1 Å². The smallest absolute Gasteiger partial charge is 0.267 e. The Balaban J connectivity index is 1.18. The summed E-state index contributed by atoms with van der Waals surface area (Å²) in [7, 11) is 0. The largest absolute Gasteiger partial charge is 0.485 e. The van der Waals surface area contributed by atoms with Gasteiger partial charge in [0.2, 0.25) is 6.10 Å². The lowest BCUT2D eigenvalue weighted by molar-refractivity contribution is -0.142. The van der Waals surface area contributed by atoms with Crippen LogP contribution in [0.5, 0.6) is 11.5 Å². The summed E-state index contributed by atoms with van der Waals surface area (Å²) in [5, 5.41) is 2.84. The Morgan fingerprint density at radius 2 is 1.63 bits per heavy atom. The molecule has 0 aliphatic carbocycles. The van der Waals surface area contributed by atoms with E-state index < -0.39 is 6.10 Å². The molecule has 4 heterocycles. The van der Waals surface area contributed by atoms with Gasteiger partial charge in [-0.3, -0.25) is 9.59 Å². The molecule has 7 nitrogen and oxygen atoms in total. The van der Waals surface area contributed by atoms with Crippen LogP contribution in [0.4, 0.5) is 0 Å². The molecule has 6 rings (SSSR count). The molecule has 1 atom stereocenters. The Hall–Kier alpha value is -3.91. The first-order chi connectivity index (χ1) is 17.2. The van der Waals surface area contributed by atoms with Crippen molar-refractivity contribution in [2.45, 2.75) is 6.10 Å². The summed E-state index contributed by atoms with van der Waals surface area (Å²) >= 11 is 1.60. The normalized spacial score (nSPS) is 17.4. The number of hydrogen-bond acceptors (Lipinski definition) is 6. The SMILES string of the molecule is O=C(c1cc(-c2cccs2)nc2ccccc12)N1CCN(C(=O)C2COc3ccccc3O2)CC1. The average molecular weight is 486 g/mol. The summed E-state index contributed by atoms with van der Waals surface area (Å²) in [5.41, 5.74) is 2.23. The maximum atomic E-state index is 13.6. The molecular weight excluding hydrogens is 462 g/mol. The average Bonchev–Trinajstić information content (AvgIpc) is 3.47. The summed E-state index contributed by atoms with van der Waals surface area (Å²) in [6, 6.07) is 21.0. The van der Waals surface area contributed by atoms with Gasteiger partial charge in [-0.25, -0.2) is 4.98 Å². The van der Waals surface area contributed by atoms with E-state index in [-0.39, 0.29) is 18.4 Å². The van der Waals surface area contributed by atoms with E-state index in [0.717, 1.165) is 21.5 Å². The second kappa shape index (κ2) is 9.03. The highest BCUT2D eigenvalue weighted by Gasteiger charge is 2.34. The minimum atomic E-state index is -0.676. The van der Waals surface area contributed by atoms with E-state index in [1.165, 1.54) is 0 Å². The van der Waals surface area contributed by atoms with Crippen LogP contribution in [0.3, 0.4) is 0 Å². The Kier molecular flexibility index (Phi) is 5.58. The molecule has 176 valence electrons. The van der Waals surface area contributed by atoms with Crippen molar-refractivity contribution in [1.29, 1.82) is 0 Å². The number of carbonyl (C=O) groups excluding carboxylic acids is 2. The van der Waals surface area contributed by atoms with Gasteiger partial charge in [0.15, 0.2) is 11.5 Å². The lowest BCUT2D eigenvalue weighted by Crippen LogP contribution is -2.55. The molecule has 2 amide bonds. The van der Waals surface area contributed by atoms with Crippen LogP contribution in [0.2, 0.25) is 0 Å². The van der Waals surface area contributed by atoms with Crippen LogP contribution in [-0.2, 0) is 4.79 Å². The number of fused-ring (bicyclic) bond motifs is 2. The lowest BCUT2D eigenvalue weighted by atomic mass is 10.1. The van der Waals surface area contributed by atoms with Crippen molar-refractivity contribution in [3.8, 4) is 22.1 Å². The van der Waals surface area contributed by atoms with Gasteiger partial charge < -0.3 is 19.3 Å². The number of amides is 2. The Morgan fingerprint density at radius 3 is 2.43 bits per heavy atom. The highest BCUT2D eigenvalue weighted by atomic mass is 32.1. The molecular formula is C27H23N3O4S. The summed E-state index contributed by atoms with van der Waals surface area (Å²) in [6.07, 6.45) is -0.676. The van der Waals surface area contributed by atoms with Gasteiger partial charge in [-0.05, 0) is 35.7 Å². The fourth-order valence-electron chi connectivity index (χ4n) is 4.55. The maximum absolute atomic E-state index is 13.6. The van der Waals surface area contributed by atoms with E-state index in [0.29, 0.717) is 43.2 Å². The molecule has 35 heavy (non-hydrogen) atoms. The third-order valence-electron chi connectivity index (χ3n) is 6.38. The summed E-state index contributed by atoms with van der Waals surface area (Å²) < 4.78 is 11.6. The number of thiophene rings is 1. The summed E-state index contributed by atoms with van der Waals surface area (Å²) in [4.78, 5) is 36.0. The van der Waals surface area contributed by atoms with Crippen LogP contribution in [0, 0.1) is 0 Å². The molecule has 0 N–H and O–H groups in total. The molecule has 2 aromatic heterocycles. The predicted molar refractivity (Wildman–Crippen MR) is 134 cm³/mol. The third-order valence-corrected chi connectivity index (χ3v) is 7.28. The highest BCUT2D eigenvalue weighted by molar-refractivity contribution is 7.13. The number of nitrogens with zero attached hydrogens (tertiary/aromatic N) is 3. The van der Waals surface area contributed by atoms with Crippen molar-refractivity contribution in [2.24, 2.45) is 0 Å². The van der Waals surface area contributed by atoms with Crippen LogP contribution in [0.25, 0.3) is 21.5 Å². The van der Waals surface area contributed by atoms with E-state index in [2.05, 4.69) is 0 Å². The number of para-hydroxylation sites is 3. The quantitative estimate of drug-likeness (QED) is 0.437. The van der Waals surface area contributed by atoms with Gasteiger partial charge in [0.25, 0.3) is 11.8 Å². The Morgan fingerprint density at radius 1 is 0.886 bits per heavy atom. The summed E-state index contributed by atoms with van der Waals surface area (Å²) in [5.74, 6) is 1.08. The van der Waals surface area contributed by atoms with Gasteiger partial charge in [0.1, 0.15) is 6.61 Å². The lowest BCUT2D eigenvalue weighted by Gasteiger charge is -2.37. The first-order valence-corrected chi connectivity index (χ1v) is 12.5. The zero-order valence-corrected chi connectivity index (χ0v) is 19.7. The molecule has 2 aliphatic rings. The van der Waals surface area contributed by atoms with Gasteiger partial charge in [0, 0.05) is 31.6 Å². The number of rotatable bonds is 3. The van der Waals surface area contributed by atoms with Gasteiger partial charge in [-0.2, -0.15) is 0 Å². The molecule has 1 fully saturated rings. The van der Waals surface area contributed by atoms with Crippen LogP contribution in [0.1, 0.15) is 10.4 Å². The molecule has 4 aromatic rings.